The zero-order chi connectivity index (χ0) is 16.2. The molecule has 0 unspecified atom stereocenters. The Balaban J connectivity index is 1.76. The third-order valence-corrected chi connectivity index (χ3v) is 5.72. The van der Waals surface area contributed by atoms with Crippen molar-refractivity contribution in [3.8, 4) is 0 Å². The summed E-state index contributed by atoms with van der Waals surface area (Å²) >= 11 is 3.27. The lowest BCUT2D eigenvalue weighted by Crippen LogP contribution is -2.41. The minimum Gasteiger partial charge on any atom is -0.369 e. The topological polar surface area (TPSA) is 62.3 Å². The van der Waals surface area contributed by atoms with Gasteiger partial charge < -0.3 is 10.2 Å². The first-order chi connectivity index (χ1) is 10.4. The van der Waals surface area contributed by atoms with E-state index in [0.29, 0.717) is 29.9 Å². The zero-order valence-corrected chi connectivity index (χ0v) is 14.3. The van der Waals surface area contributed by atoms with Gasteiger partial charge >= 0.3 is 0 Å². The van der Waals surface area contributed by atoms with Crippen LogP contribution in [0, 0.1) is 0 Å². The minimum absolute atomic E-state index is 0.212. The third kappa shape index (κ3) is 5.13. The molecule has 1 saturated heterocycles. The molecule has 1 aliphatic rings. The number of hydrogen-bond acceptors (Lipinski definition) is 5. The number of halogens is 3. The normalized spacial score (nSPS) is 18.5. The van der Waals surface area contributed by atoms with Gasteiger partial charge in [0.25, 0.3) is 6.43 Å². The molecule has 22 heavy (non-hydrogen) atoms. The second kappa shape index (κ2) is 7.65. The maximum Gasteiger partial charge on any atom is 0.280 e. The number of sulfone groups is 1. The second-order valence-electron chi connectivity index (χ2n) is 5.14. The van der Waals surface area contributed by atoms with Crippen molar-refractivity contribution < 1.29 is 17.2 Å². The lowest BCUT2D eigenvalue weighted by atomic mass is 10.3. The van der Waals surface area contributed by atoms with Crippen LogP contribution in [0.4, 0.5) is 14.6 Å². The SMILES string of the molecule is O=S1(=O)CCN(CCCNc2nc(C(F)F)ccc2Br)CC1. The van der Waals surface area contributed by atoms with Crippen molar-refractivity contribution in [1.82, 2.24) is 9.88 Å². The van der Waals surface area contributed by atoms with Crippen LogP contribution in [-0.2, 0) is 9.84 Å². The summed E-state index contributed by atoms with van der Waals surface area (Å²) in [6.07, 6.45) is -1.81. The van der Waals surface area contributed by atoms with Crippen molar-refractivity contribution in [3.63, 3.8) is 0 Å². The van der Waals surface area contributed by atoms with Crippen LogP contribution in [0.5, 0.6) is 0 Å². The van der Waals surface area contributed by atoms with Gasteiger partial charge in [-0.1, -0.05) is 0 Å². The van der Waals surface area contributed by atoms with E-state index >= 15 is 0 Å². The summed E-state index contributed by atoms with van der Waals surface area (Å²) in [6, 6.07) is 2.83. The molecular weight excluding hydrogens is 380 g/mol. The van der Waals surface area contributed by atoms with Crippen LogP contribution in [0.25, 0.3) is 0 Å². The monoisotopic (exact) mass is 397 g/mol. The van der Waals surface area contributed by atoms with Gasteiger partial charge in [0.1, 0.15) is 11.5 Å². The molecule has 5 nitrogen and oxygen atoms in total. The van der Waals surface area contributed by atoms with Crippen molar-refractivity contribution >= 4 is 31.6 Å². The number of aromatic nitrogens is 1. The van der Waals surface area contributed by atoms with E-state index in [1.165, 1.54) is 6.07 Å². The summed E-state index contributed by atoms with van der Waals surface area (Å²) in [5.41, 5.74) is -0.257. The van der Waals surface area contributed by atoms with E-state index in [1.807, 2.05) is 0 Å². The maximum absolute atomic E-state index is 12.6. The van der Waals surface area contributed by atoms with Crippen LogP contribution in [0.2, 0.25) is 0 Å². The molecule has 1 fully saturated rings. The summed E-state index contributed by atoms with van der Waals surface area (Å²) in [6.45, 7) is 2.48. The molecule has 0 atom stereocenters. The Hall–Kier alpha value is -0.800. The number of nitrogens with zero attached hydrogens (tertiary/aromatic N) is 2. The van der Waals surface area contributed by atoms with E-state index in [-0.39, 0.29) is 17.2 Å². The van der Waals surface area contributed by atoms with E-state index in [2.05, 4.69) is 31.1 Å². The minimum atomic E-state index is -2.85. The summed E-state index contributed by atoms with van der Waals surface area (Å²) in [5, 5.41) is 3.03. The molecule has 0 aliphatic carbocycles. The zero-order valence-electron chi connectivity index (χ0n) is 11.9. The van der Waals surface area contributed by atoms with E-state index in [4.69, 9.17) is 0 Å². The van der Waals surface area contributed by atoms with E-state index in [9.17, 15) is 17.2 Å². The molecule has 0 amide bonds. The molecule has 2 rings (SSSR count). The maximum atomic E-state index is 12.6. The summed E-state index contributed by atoms with van der Waals surface area (Å²) < 4.78 is 48.5. The molecule has 2 heterocycles. The number of rotatable bonds is 6. The summed E-state index contributed by atoms with van der Waals surface area (Å²) in [5.74, 6) is 0.826. The van der Waals surface area contributed by atoms with Crippen LogP contribution < -0.4 is 5.32 Å². The highest BCUT2D eigenvalue weighted by Crippen LogP contribution is 2.24. The van der Waals surface area contributed by atoms with Crippen LogP contribution in [0.1, 0.15) is 18.5 Å². The Bertz CT molecular complexity index is 599. The van der Waals surface area contributed by atoms with Crippen LogP contribution >= 0.6 is 15.9 Å². The Morgan fingerprint density at radius 3 is 2.64 bits per heavy atom. The number of nitrogens with one attached hydrogen (secondary N) is 1. The number of anilines is 1. The standard InChI is InChI=1S/C13H18BrF2N3O2S/c14-10-2-3-11(12(15)16)18-13(10)17-4-1-5-19-6-8-22(20,21)9-7-19/h2-3,12H,1,4-9H2,(H,17,18). The quantitative estimate of drug-likeness (QED) is 0.746. The first-order valence-corrected chi connectivity index (χ1v) is 9.60. The molecule has 1 aliphatic heterocycles. The van der Waals surface area contributed by atoms with Gasteiger partial charge in [-0.15, -0.1) is 0 Å². The fourth-order valence-corrected chi connectivity index (χ4v) is 3.82. The fraction of sp³-hybridized carbons (Fsp3) is 0.615. The molecule has 0 spiro atoms. The predicted octanol–water partition coefficient (Wildman–Crippen LogP) is 2.31. The van der Waals surface area contributed by atoms with Gasteiger partial charge in [-0.05, 0) is 41.0 Å². The Labute approximate surface area is 137 Å². The number of hydrogen-bond donors (Lipinski definition) is 1. The van der Waals surface area contributed by atoms with Gasteiger partial charge in [-0.25, -0.2) is 22.2 Å². The van der Waals surface area contributed by atoms with Gasteiger partial charge in [0.2, 0.25) is 0 Å². The van der Waals surface area contributed by atoms with Crippen LogP contribution in [-0.4, -0.2) is 56.0 Å². The molecule has 1 N–H and O–H groups in total. The number of pyridine rings is 1. The molecule has 0 bridgehead atoms. The van der Waals surface area contributed by atoms with Gasteiger partial charge in [0, 0.05) is 19.6 Å². The Kier molecular flexibility index (Phi) is 6.10. The molecule has 1 aromatic heterocycles. The Morgan fingerprint density at radius 2 is 2.00 bits per heavy atom. The van der Waals surface area contributed by atoms with Gasteiger partial charge in [-0.3, -0.25) is 0 Å². The fourth-order valence-electron chi connectivity index (χ4n) is 2.19. The number of alkyl halides is 2. The van der Waals surface area contributed by atoms with Crippen molar-refractivity contribution in [2.45, 2.75) is 12.8 Å². The van der Waals surface area contributed by atoms with Crippen molar-refractivity contribution in [3.05, 3.63) is 22.3 Å². The van der Waals surface area contributed by atoms with Gasteiger partial charge in [0.05, 0.1) is 16.0 Å². The highest BCUT2D eigenvalue weighted by Gasteiger charge is 2.20. The average molecular weight is 398 g/mol. The van der Waals surface area contributed by atoms with Crippen LogP contribution in [0.15, 0.2) is 16.6 Å². The second-order valence-corrected chi connectivity index (χ2v) is 8.30. The molecule has 124 valence electrons. The van der Waals surface area contributed by atoms with E-state index < -0.39 is 16.3 Å². The van der Waals surface area contributed by atoms with E-state index in [1.54, 1.807) is 6.07 Å². The lowest BCUT2D eigenvalue weighted by molar-refractivity contribution is 0.146. The molecule has 9 heteroatoms. The third-order valence-electron chi connectivity index (χ3n) is 3.47. The van der Waals surface area contributed by atoms with Crippen molar-refractivity contribution in [2.75, 3.05) is 43.0 Å². The smallest absolute Gasteiger partial charge is 0.280 e. The Morgan fingerprint density at radius 1 is 1.32 bits per heavy atom. The lowest BCUT2D eigenvalue weighted by Gasteiger charge is -2.26. The highest BCUT2D eigenvalue weighted by atomic mass is 79.9. The molecular formula is C13H18BrF2N3O2S. The van der Waals surface area contributed by atoms with Gasteiger partial charge in [0.15, 0.2) is 9.84 Å². The largest absolute Gasteiger partial charge is 0.369 e. The molecule has 0 radical (unpaired) electrons. The first-order valence-electron chi connectivity index (χ1n) is 6.98. The van der Waals surface area contributed by atoms with E-state index in [0.717, 1.165) is 13.0 Å². The predicted molar refractivity (Wildman–Crippen MR) is 85.1 cm³/mol. The first kappa shape index (κ1) is 17.6. The summed E-state index contributed by atoms with van der Waals surface area (Å²) in [7, 11) is -2.85. The highest BCUT2D eigenvalue weighted by molar-refractivity contribution is 9.10. The summed E-state index contributed by atoms with van der Waals surface area (Å²) in [4.78, 5) is 5.97. The van der Waals surface area contributed by atoms with Crippen molar-refractivity contribution in [1.29, 1.82) is 0 Å². The molecule has 0 saturated carbocycles. The van der Waals surface area contributed by atoms with Crippen molar-refractivity contribution in [2.24, 2.45) is 0 Å². The average Bonchev–Trinajstić information content (AvgIpc) is 2.46. The van der Waals surface area contributed by atoms with Crippen LogP contribution in [0.3, 0.4) is 0 Å². The molecule has 1 aromatic rings. The van der Waals surface area contributed by atoms with Gasteiger partial charge in [-0.2, -0.15) is 0 Å². The molecule has 0 aromatic carbocycles.